The molecule has 1 aromatic heterocycles. The number of carbonyl (C=O) groups is 1. The lowest BCUT2D eigenvalue weighted by atomic mass is 10.1. The van der Waals surface area contributed by atoms with E-state index in [0.717, 1.165) is 5.52 Å². The van der Waals surface area contributed by atoms with Crippen molar-refractivity contribution in [2.75, 3.05) is 11.5 Å². The van der Waals surface area contributed by atoms with Crippen LogP contribution in [0.4, 0.5) is 0 Å². The van der Waals surface area contributed by atoms with E-state index >= 15 is 0 Å². The molecule has 2 aromatic rings. The van der Waals surface area contributed by atoms with Gasteiger partial charge in [-0.2, -0.15) is 0 Å². The van der Waals surface area contributed by atoms with Gasteiger partial charge in [-0.25, -0.2) is 17.9 Å². The molecule has 8 heteroatoms. The van der Waals surface area contributed by atoms with Crippen molar-refractivity contribution in [2.45, 2.75) is 18.9 Å². The third-order valence-corrected chi connectivity index (χ3v) is 5.30. The summed E-state index contributed by atoms with van der Waals surface area (Å²) in [6.07, 6.45) is 1.03. The van der Waals surface area contributed by atoms with E-state index in [4.69, 9.17) is 5.11 Å². The highest BCUT2D eigenvalue weighted by atomic mass is 32.2. The molecule has 1 N–H and O–H groups in total. The Balaban J connectivity index is 1.95. The van der Waals surface area contributed by atoms with Gasteiger partial charge in [-0.15, -0.1) is 5.10 Å². The number of sulfone groups is 1. The van der Waals surface area contributed by atoms with E-state index in [-0.39, 0.29) is 23.1 Å². The van der Waals surface area contributed by atoms with Crippen molar-refractivity contribution in [3.8, 4) is 0 Å². The number of carboxylic acids is 1. The molecule has 2 heterocycles. The van der Waals surface area contributed by atoms with E-state index in [0.29, 0.717) is 18.4 Å². The monoisotopic (exact) mass is 295 g/mol. The highest BCUT2D eigenvalue weighted by molar-refractivity contribution is 7.91. The lowest BCUT2D eigenvalue weighted by Gasteiger charge is -2.22. The van der Waals surface area contributed by atoms with Crippen molar-refractivity contribution < 1.29 is 18.3 Å². The highest BCUT2D eigenvalue weighted by Gasteiger charge is 2.26. The number of hydrogen-bond donors (Lipinski definition) is 1. The molecule has 0 amide bonds. The molecule has 106 valence electrons. The summed E-state index contributed by atoms with van der Waals surface area (Å²) in [5.74, 6) is -0.691. The number of nitrogens with zero attached hydrogens (tertiary/aromatic N) is 3. The number of carboxylic acid groups (broad SMARTS) is 1. The first-order valence-corrected chi connectivity index (χ1v) is 8.07. The van der Waals surface area contributed by atoms with Crippen molar-refractivity contribution in [2.24, 2.45) is 0 Å². The van der Waals surface area contributed by atoms with Crippen LogP contribution in [0.1, 0.15) is 29.2 Å². The van der Waals surface area contributed by atoms with Crippen LogP contribution in [-0.4, -0.2) is 46.0 Å². The summed E-state index contributed by atoms with van der Waals surface area (Å²) >= 11 is 0. The average molecular weight is 295 g/mol. The summed E-state index contributed by atoms with van der Waals surface area (Å²) in [6.45, 7) is 0. The van der Waals surface area contributed by atoms with Gasteiger partial charge in [-0.3, -0.25) is 0 Å². The minimum absolute atomic E-state index is 0.000738. The van der Waals surface area contributed by atoms with Gasteiger partial charge in [-0.05, 0) is 31.0 Å². The smallest absolute Gasteiger partial charge is 0.335 e. The summed E-state index contributed by atoms with van der Waals surface area (Å²) in [7, 11) is -2.92. The van der Waals surface area contributed by atoms with Crippen molar-refractivity contribution in [1.82, 2.24) is 15.0 Å². The number of aromatic nitrogens is 3. The van der Waals surface area contributed by atoms with Gasteiger partial charge in [0, 0.05) is 0 Å². The zero-order valence-electron chi connectivity index (χ0n) is 10.6. The molecule has 0 atom stereocenters. The van der Waals surface area contributed by atoms with Crippen LogP contribution in [0.15, 0.2) is 18.2 Å². The molecule has 1 aromatic carbocycles. The number of hydrogen-bond acceptors (Lipinski definition) is 5. The van der Waals surface area contributed by atoms with Crippen LogP contribution in [0.3, 0.4) is 0 Å². The Bertz CT molecular complexity index is 767. The summed E-state index contributed by atoms with van der Waals surface area (Å²) in [5, 5.41) is 17.0. The van der Waals surface area contributed by atoms with E-state index in [1.54, 1.807) is 10.7 Å². The Morgan fingerprint density at radius 2 is 2.00 bits per heavy atom. The number of aromatic carboxylic acids is 1. The molecule has 1 fully saturated rings. The molecule has 3 rings (SSSR count). The van der Waals surface area contributed by atoms with Crippen molar-refractivity contribution in [3.63, 3.8) is 0 Å². The summed E-state index contributed by atoms with van der Waals surface area (Å²) in [4.78, 5) is 10.9. The van der Waals surface area contributed by atoms with Crippen LogP contribution in [0.25, 0.3) is 11.0 Å². The summed E-state index contributed by atoms with van der Waals surface area (Å²) in [6, 6.07) is 4.64. The van der Waals surface area contributed by atoms with Gasteiger partial charge >= 0.3 is 5.97 Å². The predicted molar refractivity (Wildman–Crippen MR) is 71.4 cm³/mol. The first kappa shape index (κ1) is 13.0. The molecule has 1 aliphatic rings. The van der Waals surface area contributed by atoms with Gasteiger partial charge in [0.1, 0.15) is 15.4 Å². The van der Waals surface area contributed by atoms with Gasteiger partial charge in [0.05, 0.1) is 28.6 Å². The molecule has 1 aliphatic heterocycles. The maximum Gasteiger partial charge on any atom is 0.335 e. The Labute approximate surface area is 115 Å². The van der Waals surface area contributed by atoms with Crippen molar-refractivity contribution in [1.29, 1.82) is 0 Å². The third kappa shape index (κ3) is 2.26. The van der Waals surface area contributed by atoms with Crippen LogP contribution in [0, 0.1) is 0 Å². The first-order valence-electron chi connectivity index (χ1n) is 6.25. The Hall–Kier alpha value is -1.96. The fraction of sp³-hybridized carbons (Fsp3) is 0.417. The molecule has 0 bridgehead atoms. The predicted octanol–water partition coefficient (Wildman–Crippen LogP) is 0.879. The molecule has 20 heavy (non-hydrogen) atoms. The van der Waals surface area contributed by atoms with Gasteiger partial charge in [0.2, 0.25) is 0 Å². The minimum Gasteiger partial charge on any atom is -0.478 e. The maximum atomic E-state index is 11.4. The topological polar surface area (TPSA) is 102 Å². The normalized spacial score (nSPS) is 19.2. The Morgan fingerprint density at radius 1 is 1.30 bits per heavy atom. The zero-order valence-corrected chi connectivity index (χ0v) is 11.4. The van der Waals surface area contributed by atoms with Gasteiger partial charge in [0.25, 0.3) is 0 Å². The lowest BCUT2D eigenvalue weighted by molar-refractivity contribution is 0.0697. The number of fused-ring (bicyclic) bond motifs is 1. The molecule has 0 saturated carbocycles. The Kier molecular flexibility index (Phi) is 2.97. The molecule has 1 saturated heterocycles. The molecule has 0 aliphatic carbocycles. The SMILES string of the molecule is O=C(O)c1ccc2c(c1)nnn2C1CCS(=O)(=O)CC1. The molecule has 0 radical (unpaired) electrons. The van der Waals surface area contributed by atoms with E-state index in [1.165, 1.54) is 12.1 Å². The minimum atomic E-state index is -2.92. The third-order valence-electron chi connectivity index (χ3n) is 3.59. The van der Waals surface area contributed by atoms with E-state index < -0.39 is 15.8 Å². The van der Waals surface area contributed by atoms with Gasteiger partial charge in [0.15, 0.2) is 0 Å². The average Bonchev–Trinajstić information content (AvgIpc) is 2.81. The van der Waals surface area contributed by atoms with Crippen LogP contribution in [-0.2, 0) is 9.84 Å². The van der Waals surface area contributed by atoms with E-state index in [9.17, 15) is 13.2 Å². The van der Waals surface area contributed by atoms with E-state index in [1.807, 2.05) is 0 Å². The molecular formula is C12H13N3O4S. The standard InChI is InChI=1S/C12H13N3O4S/c16-12(17)8-1-2-11-10(7-8)13-14-15(11)9-3-5-20(18,19)6-4-9/h1-2,7,9H,3-6H2,(H,16,17). The van der Waals surface area contributed by atoms with Gasteiger partial charge in [-0.1, -0.05) is 5.21 Å². The lowest BCUT2D eigenvalue weighted by Crippen LogP contribution is -2.26. The first-order chi connectivity index (χ1) is 9.46. The summed E-state index contributed by atoms with van der Waals surface area (Å²) in [5.41, 5.74) is 1.41. The second-order valence-electron chi connectivity index (χ2n) is 4.93. The maximum absolute atomic E-state index is 11.4. The number of benzene rings is 1. The molecule has 7 nitrogen and oxygen atoms in total. The molecule has 0 spiro atoms. The fourth-order valence-corrected chi connectivity index (χ4v) is 3.93. The molecular weight excluding hydrogens is 282 g/mol. The van der Waals surface area contributed by atoms with Gasteiger partial charge < -0.3 is 5.11 Å². The van der Waals surface area contributed by atoms with Crippen molar-refractivity contribution in [3.05, 3.63) is 23.8 Å². The van der Waals surface area contributed by atoms with Crippen LogP contribution in [0.2, 0.25) is 0 Å². The molecule has 0 unspecified atom stereocenters. The Morgan fingerprint density at radius 3 is 2.65 bits per heavy atom. The number of rotatable bonds is 2. The largest absolute Gasteiger partial charge is 0.478 e. The van der Waals surface area contributed by atoms with Crippen LogP contribution in [0.5, 0.6) is 0 Å². The fourth-order valence-electron chi connectivity index (χ4n) is 2.47. The second-order valence-corrected chi connectivity index (χ2v) is 7.23. The highest BCUT2D eigenvalue weighted by Crippen LogP contribution is 2.26. The zero-order chi connectivity index (χ0) is 14.3. The second kappa shape index (κ2) is 4.55. The quantitative estimate of drug-likeness (QED) is 0.882. The van der Waals surface area contributed by atoms with Crippen LogP contribution < -0.4 is 0 Å². The van der Waals surface area contributed by atoms with E-state index in [2.05, 4.69) is 10.3 Å². The van der Waals surface area contributed by atoms with Crippen molar-refractivity contribution >= 4 is 26.8 Å². The van der Waals surface area contributed by atoms with Crippen LogP contribution >= 0.6 is 0 Å². The summed E-state index contributed by atoms with van der Waals surface area (Å²) < 4.78 is 24.6.